The fourth-order valence-corrected chi connectivity index (χ4v) is 4.37. The summed E-state index contributed by atoms with van der Waals surface area (Å²) >= 11 is 6.31. The lowest BCUT2D eigenvalue weighted by atomic mass is 10.0. The van der Waals surface area contributed by atoms with E-state index in [2.05, 4.69) is 26.0 Å². The summed E-state index contributed by atoms with van der Waals surface area (Å²) in [5.74, 6) is -0.0282. The largest absolute Gasteiger partial charge is 1.00 e. The number of quaternary nitrogens is 1. The highest BCUT2D eigenvalue weighted by Gasteiger charge is 2.32. The molecule has 1 fully saturated rings. The molecule has 0 bridgehead atoms. The average Bonchev–Trinajstić information content (AvgIpc) is 2.71. The number of carbonyl (C=O) groups is 1. The molecular formula is C25H39Cl2NO2. The van der Waals surface area contributed by atoms with E-state index in [-0.39, 0.29) is 18.4 Å². The van der Waals surface area contributed by atoms with E-state index in [9.17, 15) is 4.79 Å². The summed E-state index contributed by atoms with van der Waals surface area (Å²) in [5, 5.41) is 0.824. The minimum absolute atomic E-state index is 0. The van der Waals surface area contributed by atoms with E-state index >= 15 is 0 Å². The van der Waals surface area contributed by atoms with Gasteiger partial charge in [0.05, 0.1) is 26.2 Å². The van der Waals surface area contributed by atoms with E-state index in [0.29, 0.717) is 13.2 Å². The summed E-state index contributed by atoms with van der Waals surface area (Å²) in [6.07, 6.45) is 12.7. The molecule has 0 atom stereocenters. The monoisotopic (exact) mass is 455 g/mol. The number of benzene rings is 1. The maximum Gasteiger partial charge on any atom is 0.361 e. The number of carbonyl (C=O) groups excluding carboxylic acids is 1. The molecule has 1 aromatic rings. The molecule has 170 valence electrons. The third-order valence-corrected chi connectivity index (χ3v) is 6.36. The minimum Gasteiger partial charge on any atom is -1.00 e. The predicted octanol–water partition coefficient (Wildman–Crippen LogP) is 3.35. The second kappa shape index (κ2) is 14.9. The summed E-state index contributed by atoms with van der Waals surface area (Å²) < 4.78 is 6.42. The zero-order chi connectivity index (χ0) is 21.0. The maximum absolute atomic E-state index is 12.5. The molecule has 0 saturated carbocycles. The molecule has 3 nitrogen and oxygen atoms in total. The number of likely N-dealkylation sites (tertiary alicyclic amines) is 1. The lowest BCUT2D eigenvalue weighted by molar-refractivity contribution is -0.920. The first-order valence-corrected chi connectivity index (χ1v) is 11.8. The number of nitrogens with zero attached hydrogens (tertiary/aromatic N) is 1. The molecule has 1 saturated heterocycles. The SMILES string of the molecule is CCCCCCCOC(=O)C[N+]1(C/C=C(\C)Cc2ccccc2Cl)CCCCC1.[Cl-]. The van der Waals surface area contributed by atoms with Crippen molar-refractivity contribution in [2.45, 2.75) is 71.6 Å². The van der Waals surface area contributed by atoms with Gasteiger partial charge in [0, 0.05) is 5.02 Å². The van der Waals surface area contributed by atoms with Crippen molar-refractivity contribution in [3.05, 3.63) is 46.5 Å². The number of halogens is 2. The van der Waals surface area contributed by atoms with Gasteiger partial charge in [-0.3, -0.25) is 0 Å². The van der Waals surface area contributed by atoms with Crippen LogP contribution in [-0.2, 0) is 16.0 Å². The third-order valence-electron chi connectivity index (χ3n) is 5.99. The molecule has 0 radical (unpaired) electrons. The zero-order valence-corrected chi connectivity index (χ0v) is 20.3. The number of ether oxygens (including phenoxy) is 1. The van der Waals surface area contributed by atoms with E-state index in [0.717, 1.165) is 54.0 Å². The maximum atomic E-state index is 12.5. The number of rotatable bonds is 12. The van der Waals surface area contributed by atoms with E-state index in [1.165, 1.54) is 44.1 Å². The summed E-state index contributed by atoms with van der Waals surface area (Å²) in [6, 6.07) is 8.03. The first-order chi connectivity index (χ1) is 14.0. The molecule has 1 aliphatic heterocycles. The molecule has 1 aliphatic rings. The topological polar surface area (TPSA) is 26.3 Å². The molecule has 1 aromatic carbocycles. The number of hydrogen-bond donors (Lipinski definition) is 0. The van der Waals surface area contributed by atoms with Crippen LogP contribution in [0.3, 0.4) is 0 Å². The first-order valence-electron chi connectivity index (χ1n) is 11.4. The van der Waals surface area contributed by atoms with Gasteiger partial charge in [0.2, 0.25) is 0 Å². The fourth-order valence-electron chi connectivity index (χ4n) is 4.16. The molecule has 2 rings (SSSR count). The van der Waals surface area contributed by atoms with Crippen molar-refractivity contribution in [2.75, 3.05) is 32.8 Å². The zero-order valence-electron chi connectivity index (χ0n) is 18.8. The summed E-state index contributed by atoms with van der Waals surface area (Å²) in [7, 11) is 0. The molecule has 5 heteroatoms. The number of hydrogen-bond acceptors (Lipinski definition) is 2. The van der Waals surface area contributed by atoms with Gasteiger partial charge in [-0.2, -0.15) is 0 Å². The molecule has 0 amide bonds. The normalized spacial score (nSPS) is 16.0. The Balaban J connectivity index is 0.00000450. The Morgan fingerprint density at radius 2 is 1.80 bits per heavy atom. The Morgan fingerprint density at radius 1 is 1.10 bits per heavy atom. The molecular weight excluding hydrogens is 417 g/mol. The minimum atomic E-state index is -0.0282. The van der Waals surface area contributed by atoms with E-state index in [1.54, 1.807) is 0 Å². The molecule has 0 spiro atoms. The molecule has 0 aromatic heterocycles. The van der Waals surface area contributed by atoms with Crippen molar-refractivity contribution in [1.82, 2.24) is 0 Å². The Bertz CT molecular complexity index is 654. The third kappa shape index (κ3) is 9.85. The van der Waals surface area contributed by atoms with Gasteiger partial charge in [-0.15, -0.1) is 0 Å². The van der Waals surface area contributed by atoms with Crippen molar-refractivity contribution in [2.24, 2.45) is 0 Å². The average molecular weight is 456 g/mol. The molecule has 30 heavy (non-hydrogen) atoms. The van der Waals surface area contributed by atoms with Crippen LogP contribution in [0.25, 0.3) is 0 Å². The van der Waals surface area contributed by atoms with E-state index in [1.807, 2.05) is 18.2 Å². The second-order valence-corrected chi connectivity index (χ2v) is 9.05. The summed E-state index contributed by atoms with van der Waals surface area (Å²) in [5.41, 5.74) is 2.47. The van der Waals surface area contributed by atoms with Gasteiger partial charge in [0.1, 0.15) is 0 Å². The van der Waals surface area contributed by atoms with Crippen molar-refractivity contribution in [3.8, 4) is 0 Å². The van der Waals surface area contributed by atoms with Gasteiger partial charge in [0.15, 0.2) is 6.54 Å². The van der Waals surface area contributed by atoms with Crippen LogP contribution >= 0.6 is 11.6 Å². The lowest BCUT2D eigenvalue weighted by Crippen LogP contribution is -3.00. The highest BCUT2D eigenvalue weighted by atomic mass is 35.5. The van der Waals surface area contributed by atoms with Crippen LogP contribution in [0.5, 0.6) is 0 Å². The quantitative estimate of drug-likeness (QED) is 0.209. The second-order valence-electron chi connectivity index (χ2n) is 8.64. The van der Waals surface area contributed by atoms with Crippen LogP contribution < -0.4 is 12.4 Å². The molecule has 1 heterocycles. The van der Waals surface area contributed by atoms with Crippen molar-refractivity contribution in [3.63, 3.8) is 0 Å². The highest BCUT2D eigenvalue weighted by molar-refractivity contribution is 6.31. The number of allylic oxidation sites excluding steroid dienone is 1. The number of unbranched alkanes of at least 4 members (excludes halogenated alkanes) is 4. The van der Waals surface area contributed by atoms with Gasteiger partial charge in [-0.25, -0.2) is 4.79 Å². The summed E-state index contributed by atoms with van der Waals surface area (Å²) in [6.45, 7) is 8.50. The van der Waals surface area contributed by atoms with E-state index < -0.39 is 0 Å². The van der Waals surface area contributed by atoms with Gasteiger partial charge in [-0.1, -0.05) is 68.0 Å². The smallest absolute Gasteiger partial charge is 0.361 e. The Hall–Kier alpha value is -1.03. The fraction of sp³-hybridized carbons (Fsp3) is 0.640. The standard InChI is InChI=1S/C25H39ClNO2.ClH/c1-3-4-5-6-12-19-29-25(28)21-27(16-10-7-11-17-27)18-15-22(2)20-23-13-8-9-14-24(23)26;/h8-9,13-15H,3-7,10-12,16-21H2,1-2H3;1H/q+1;/p-1/b22-15+;. The van der Waals surface area contributed by atoms with Crippen molar-refractivity contribution < 1.29 is 26.4 Å². The van der Waals surface area contributed by atoms with Crippen LogP contribution in [0.15, 0.2) is 35.9 Å². The van der Waals surface area contributed by atoms with Crippen LogP contribution in [-0.4, -0.2) is 43.2 Å². The molecule has 0 N–H and O–H groups in total. The predicted molar refractivity (Wildman–Crippen MR) is 122 cm³/mol. The Kier molecular flexibility index (Phi) is 13.4. The number of piperidine rings is 1. The van der Waals surface area contributed by atoms with E-state index in [4.69, 9.17) is 16.3 Å². The van der Waals surface area contributed by atoms with Gasteiger partial charge in [-0.05, 0) is 56.7 Å². The van der Waals surface area contributed by atoms with Crippen LogP contribution in [0.2, 0.25) is 5.02 Å². The van der Waals surface area contributed by atoms with Crippen LogP contribution in [0.4, 0.5) is 0 Å². The Morgan fingerprint density at radius 3 is 2.50 bits per heavy atom. The molecule has 0 aliphatic carbocycles. The Labute approximate surface area is 194 Å². The van der Waals surface area contributed by atoms with Crippen LogP contribution in [0, 0.1) is 0 Å². The van der Waals surface area contributed by atoms with Crippen molar-refractivity contribution >= 4 is 17.6 Å². The van der Waals surface area contributed by atoms with Gasteiger partial charge < -0.3 is 21.6 Å². The van der Waals surface area contributed by atoms with Gasteiger partial charge in [0.25, 0.3) is 0 Å². The first kappa shape index (κ1) is 27.0. The summed E-state index contributed by atoms with van der Waals surface area (Å²) in [4.78, 5) is 12.5. The lowest BCUT2D eigenvalue weighted by Gasteiger charge is -2.40. The number of esters is 1. The molecule has 0 unspecified atom stereocenters. The van der Waals surface area contributed by atoms with Gasteiger partial charge >= 0.3 is 5.97 Å². The van der Waals surface area contributed by atoms with Crippen LogP contribution in [0.1, 0.15) is 70.8 Å². The van der Waals surface area contributed by atoms with Crippen molar-refractivity contribution in [1.29, 1.82) is 0 Å². The highest BCUT2D eigenvalue weighted by Crippen LogP contribution is 2.22.